The summed E-state index contributed by atoms with van der Waals surface area (Å²) in [5, 5.41) is 5.40. The highest BCUT2D eigenvalue weighted by atomic mass is 79.9. The Bertz CT molecular complexity index is 954. The van der Waals surface area contributed by atoms with Crippen molar-refractivity contribution in [2.75, 3.05) is 13.7 Å². The Morgan fingerprint density at radius 3 is 2.84 bits per heavy atom. The van der Waals surface area contributed by atoms with E-state index in [1.165, 1.54) is 0 Å². The molecule has 0 unspecified atom stereocenters. The minimum absolute atomic E-state index is 0.272. The highest BCUT2D eigenvalue weighted by Gasteiger charge is 2.24. The predicted molar refractivity (Wildman–Crippen MR) is 99.4 cm³/mol. The summed E-state index contributed by atoms with van der Waals surface area (Å²) >= 11 is 3.50. The zero-order chi connectivity index (χ0) is 18.7. The second-order valence-corrected chi connectivity index (χ2v) is 6.26. The van der Waals surface area contributed by atoms with Crippen LogP contribution in [0.5, 0.6) is 11.5 Å². The Labute approximate surface area is 155 Å². The van der Waals surface area contributed by atoms with Gasteiger partial charge in [-0.2, -0.15) is 0 Å². The van der Waals surface area contributed by atoms with Crippen LogP contribution in [0.4, 0.5) is 0 Å². The highest BCUT2D eigenvalue weighted by molar-refractivity contribution is 9.10. The average Bonchev–Trinajstić information content (AvgIpc) is 2.94. The summed E-state index contributed by atoms with van der Waals surface area (Å²) in [4.78, 5) is 12.6. The van der Waals surface area contributed by atoms with E-state index in [4.69, 9.17) is 16.0 Å². The molecule has 5 nitrogen and oxygen atoms in total. The zero-order valence-corrected chi connectivity index (χ0v) is 15.5. The van der Waals surface area contributed by atoms with E-state index in [-0.39, 0.29) is 6.61 Å². The fourth-order valence-electron chi connectivity index (χ4n) is 2.84. The maximum Gasteiger partial charge on any atom is 0.356 e. The maximum absolute atomic E-state index is 12.6. The van der Waals surface area contributed by atoms with Crippen LogP contribution < -0.4 is 4.74 Å². The van der Waals surface area contributed by atoms with Crippen LogP contribution >= 0.6 is 15.9 Å². The molecule has 0 saturated carbocycles. The lowest BCUT2D eigenvalue weighted by Gasteiger charge is -2.11. The molecule has 1 N–H and O–H groups in total. The topological polar surface area (TPSA) is 60.7 Å². The molecule has 0 atom stereocenters. The number of phenols is 1. The third-order valence-corrected chi connectivity index (χ3v) is 4.71. The van der Waals surface area contributed by atoms with E-state index in [2.05, 4.69) is 15.9 Å². The number of halogens is 1. The first-order valence-electron chi connectivity index (χ1n) is 8.25. The fraction of sp³-hybridized carbons (Fsp3) is 0.211. The minimum Gasteiger partial charge on any atom is -0.507 e. The second kappa shape index (κ2) is 7.19. The Hall–Kier alpha value is -2.47. The average molecular weight is 406 g/mol. The molecule has 25 heavy (non-hydrogen) atoms. The molecule has 6 heteroatoms. The number of aromatic nitrogens is 1. The highest BCUT2D eigenvalue weighted by Crippen LogP contribution is 2.37. The quantitative estimate of drug-likeness (QED) is 0.619. The van der Waals surface area contributed by atoms with Crippen LogP contribution in [0.15, 0.2) is 46.9 Å². The number of carbonyl (C=O) groups is 1. The Kier molecular flexibility index (Phi) is 4.61. The van der Waals surface area contributed by atoms with Crippen molar-refractivity contribution in [1.82, 2.24) is 4.57 Å². The van der Waals surface area contributed by atoms with Crippen molar-refractivity contribution in [3.63, 3.8) is 0 Å². The van der Waals surface area contributed by atoms with Gasteiger partial charge in [-0.05, 0) is 52.7 Å². The number of hydrogen-bond acceptors (Lipinski definition) is 4. The lowest BCUT2D eigenvalue weighted by Crippen LogP contribution is -2.13. The molecule has 2 aromatic carbocycles. The van der Waals surface area contributed by atoms with Crippen LogP contribution in [0.3, 0.4) is 0 Å². The van der Waals surface area contributed by atoms with Gasteiger partial charge in [-0.25, -0.2) is 4.79 Å². The normalized spacial score (nSPS) is 11.2. The SMILES string of the molecule is [3H]Oc1cccc2c1c(Br)c(C(=O)OCC)n2Cc1cccc(OC)c1. The van der Waals surface area contributed by atoms with E-state index >= 15 is 0 Å². The summed E-state index contributed by atoms with van der Waals surface area (Å²) in [6.07, 6.45) is 0. The van der Waals surface area contributed by atoms with E-state index in [9.17, 15) is 4.79 Å². The zero-order valence-electron chi connectivity index (χ0n) is 14.9. The smallest absolute Gasteiger partial charge is 0.356 e. The van der Waals surface area contributed by atoms with Gasteiger partial charge in [-0.3, -0.25) is 0 Å². The first-order chi connectivity index (χ1) is 12.6. The minimum atomic E-state index is -0.436. The summed E-state index contributed by atoms with van der Waals surface area (Å²) < 4.78 is 20.2. The molecule has 0 aliphatic heterocycles. The molecule has 3 aromatic rings. The number of fused-ring (bicyclic) bond motifs is 1. The van der Waals surface area contributed by atoms with Crippen molar-refractivity contribution in [2.45, 2.75) is 13.5 Å². The van der Waals surface area contributed by atoms with Gasteiger partial charge in [0.2, 0.25) is 0 Å². The molecule has 0 aliphatic rings. The Morgan fingerprint density at radius 2 is 2.12 bits per heavy atom. The molecule has 1 heterocycles. The molecule has 130 valence electrons. The second-order valence-electron chi connectivity index (χ2n) is 5.47. The van der Waals surface area contributed by atoms with Crippen molar-refractivity contribution in [2.24, 2.45) is 0 Å². The van der Waals surface area contributed by atoms with Crippen LogP contribution in [0.2, 0.25) is 0 Å². The van der Waals surface area contributed by atoms with Gasteiger partial charge in [0.15, 0.2) is 0 Å². The summed E-state index contributed by atoms with van der Waals surface area (Å²) in [5.41, 5.74) is 2.12. The number of aromatic hydroxyl groups is 1. The van der Waals surface area contributed by atoms with Crippen molar-refractivity contribution in [3.8, 4) is 11.5 Å². The lowest BCUT2D eigenvalue weighted by molar-refractivity contribution is 0.0514. The number of benzene rings is 2. The van der Waals surface area contributed by atoms with Gasteiger partial charge >= 0.3 is 5.97 Å². The van der Waals surface area contributed by atoms with Crippen LogP contribution in [0.1, 0.15) is 23.0 Å². The van der Waals surface area contributed by atoms with Crippen molar-refractivity contribution in [1.29, 1.82) is 1.43 Å². The number of rotatable bonds is 6. The van der Waals surface area contributed by atoms with Gasteiger partial charge in [0, 0.05) is 6.54 Å². The van der Waals surface area contributed by atoms with Crippen LogP contribution in [0.25, 0.3) is 10.9 Å². The molecule has 0 fully saturated rings. The number of carbonyl (C=O) groups excluding carboxylic acids is 1. The van der Waals surface area contributed by atoms with Gasteiger partial charge in [0.25, 0.3) is 1.43 Å². The van der Waals surface area contributed by atoms with E-state index in [0.717, 1.165) is 16.8 Å². The number of ether oxygens (including phenoxy) is 2. The molecular formula is C19H18BrNO4. The first kappa shape index (κ1) is 16.0. The third kappa shape index (κ3) is 3.22. The number of phenolic OH excluding ortho intramolecular Hbond substituents is 1. The van der Waals surface area contributed by atoms with E-state index in [1.807, 2.05) is 34.9 Å². The first-order valence-corrected chi connectivity index (χ1v) is 8.63. The third-order valence-electron chi connectivity index (χ3n) is 3.94. The molecule has 0 spiro atoms. The van der Waals surface area contributed by atoms with Gasteiger partial charge in [-0.15, -0.1) is 0 Å². The van der Waals surface area contributed by atoms with E-state index in [0.29, 0.717) is 27.8 Å². The molecule has 3 rings (SSSR count). The number of methoxy groups -OCH3 is 1. The van der Waals surface area contributed by atoms with E-state index in [1.54, 1.807) is 26.2 Å². The van der Waals surface area contributed by atoms with Crippen molar-refractivity contribution in [3.05, 3.63) is 58.2 Å². The molecule has 0 saturated heterocycles. The van der Waals surface area contributed by atoms with Gasteiger partial charge < -0.3 is 19.1 Å². The summed E-state index contributed by atoms with van der Waals surface area (Å²) in [7, 11) is 1.61. The summed E-state index contributed by atoms with van der Waals surface area (Å²) in [6.45, 7) is 2.47. The molecule has 0 aliphatic carbocycles. The largest absolute Gasteiger partial charge is 0.507 e. The molecule has 0 amide bonds. The molecular weight excluding hydrogens is 386 g/mol. The fourth-order valence-corrected chi connectivity index (χ4v) is 3.61. The number of esters is 1. The van der Waals surface area contributed by atoms with Crippen LogP contribution in [0, 0.1) is 0 Å². The number of hydrogen-bond donors (Lipinski definition) is 1. The number of nitrogens with zero attached hydrogens (tertiary/aromatic N) is 1. The maximum atomic E-state index is 12.6. The molecule has 0 radical (unpaired) electrons. The van der Waals surface area contributed by atoms with Crippen molar-refractivity contribution < 1.29 is 19.4 Å². The Balaban J connectivity index is 2.21. The monoisotopic (exact) mass is 405 g/mol. The van der Waals surface area contributed by atoms with Gasteiger partial charge in [0.05, 0.1) is 29.1 Å². The van der Waals surface area contributed by atoms with Crippen LogP contribution in [-0.2, 0) is 11.3 Å². The standard InChI is InChI=1S/C19H18BrNO4/c1-3-25-19(23)18-17(20)16-14(8-5-9-15(16)22)21(18)11-12-6-4-7-13(10-12)24-2/h4-10,22H,3,11H2,1-2H3/i/hT. The predicted octanol–water partition coefficient (Wildman–Crippen LogP) is 4.34. The van der Waals surface area contributed by atoms with Crippen molar-refractivity contribution >= 4 is 32.8 Å². The van der Waals surface area contributed by atoms with Gasteiger partial charge in [-0.1, -0.05) is 18.2 Å². The summed E-state index contributed by atoms with van der Waals surface area (Å²) in [6, 6.07) is 13.0. The Morgan fingerprint density at radius 1 is 1.32 bits per heavy atom. The van der Waals surface area contributed by atoms with Gasteiger partial charge in [0.1, 0.15) is 17.2 Å². The summed E-state index contributed by atoms with van der Waals surface area (Å²) in [5.74, 6) is 0.671. The van der Waals surface area contributed by atoms with E-state index < -0.39 is 5.97 Å². The van der Waals surface area contributed by atoms with Crippen LogP contribution in [-0.4, -0.2) is 30.8 Å². The lowest BCUT2D eigenvalue weighted by atomic mass is 10.2. The molecule has 0 bridgehead atoms. The molecule has 1 aromatic heterocycles.